The summed E-state index contributed by atoms with van der Waals surface area (Å²) >= 11 is 1.70. The molecule has 0 aliphatic carbocycles. The van der Waals surface area contributed by atoms with Crippen molar-refractivity contribution in [1.82, 2.24) is 5.32 Å². The number of hydrogen-bond donors (Lipinski definition) is 1. The first kappa shape index (κ1) is 14.3. The van der Waals surface area contributed by atoms with Gasteiger partial charge in [-0.15, -0.1) is 0 Å². The maximum atomic E-state index is 12.1. The lowest BCUT2D eigenvalue weighted by Crippen LogP contribution is -2.47. The standard InChI is InChI=1S/C12H20N2O2S/c1-11(2,17-3)9-14-10(15)12(8-13)4-6-16-7-5-12/h4-7,9H2,1-3H3,(H,14,15). The topological polar surface area (TPSA) is 62.1 Å². The first-order chi connectivity index (χ1) is 7.96. The smallest absolute Gasteiger partial charge is 0.240 e. The van der Waals surface area contributed by atoms with E-state index in [9.17, 15) is 10.1 Å². The van der Waals surface area contributed by atoms with E-state index in [1.807, 2.05) is 6.26 Å². The number of rotatable bonds is 4. The van der Waals surface area contributed by atoms with Gasteiger partial charge in [0.15, 0.2) is 0 Å². The van der Waals surface area contributed by atoms with Gasteiger partial charge in [0.05, 0.1) is 6.07 Å². The van der Waals surface area contributed by atoms with Crippen LogP contribution in [0.2, 0.25) is 0 Å². The molecule has 0 spiro atoms. The summed E-state index contributed by atoms with van der Waals surface area (Å²) in [5.41, 5.74) is -0.882. The van der Waals surface area contributed by atoms with Crippen LogP contribution in [0.15, 0.2) is 0 Å². The van der Waals surface area contributed by atoms with Crippen LogP contribution in [0.5, 0.6) is 0 Å². The molecule has 17 heavy (non-hydrogen) atoms. The first-order valence-corrected chi connectivity index (χ1v) is 7.01. The molecule has 1 aliphatic heterocycles. The van der Waals surface area contributed by atoms with Crippen LogP contribution in [0.1, 0.15) is 26.7 Å². The minimum absolute atomic E-state index is 0.00251. The highest BCUT2D eigenvalue weighted by Crippen LogP contribution is 2.30. The maximum absolute atomic E-state index is 12.1. The van der Waals surface area contributed by atoms with Gasteiger partial charge in [-0.1, -0.05) is 0 Å². The third-order valence-electron chi connectivity index (χ3n) is 3.22. The second kappa shape index (κ2) is 5.74. The lowest BCUT2D eigenvalue weighted by Gasteiger charge is -2.31. The van der Waals surface area contributed by atoms with Gasteiger partial charge in [-0.25, -0.2) is 0 Å². The van der Waals surface area contributed by atoms with Crippen molar-refractivity contribution in [2.75, 3.05) is 26.0 Å². The second-order valence-electron chi connectivity index (χ2n) is 4.95. The highest BCUT2D eigenvalue weighted by molar-refractivity contribution is 7.99. The molecule has 1 amide bonds. The van der Waals surface area contributed by atoms with Crippen LogP contribution in [-0.2, 0) is 9.53 Å². The number of thioether (sulfide) groups is 1. The van der Waals surface area contributed by atoms with E-state index in [1.165, 1.54) is 0 Å². The Morgan fingerprint density at radius 2 is 2.12 bits per heavy atom. The van der Waals surface area contributed by atoms with Crippen molar-refractivity contribution in [1.29, 1.82) is 5.26 Å². The zero-order valence-electron chi connectivity index (χ0n) is 10.7. The molecule has 1 aliphatic rings. The molecular formula is C12H20N2O2S. The molecule has 0 bridgehead atoms. The number of carbonyl (C=O) groups is 1. The van der Waals surface area contributed by atoms with Crippen molar-refractivity contribution in [3.63, 3.8) is 0 Å². The Labute approximate surface area is 107 Å². The van der Waals surface area contributed by atoms with E-state index in [0.717, 1.165) is 0 Å². The van der Waals surface area contributed by atoms with Gasteiger partial charge in [0.2, 0.25) is 5.91 Å². The summed E-state index contributed by atoms with van der Waals surface area (Å²) in [6, 6.07) is 2.17. The lowest BCUT2D eigenvalue weighted by molar-refractivity contribution is -0.132. The van der Waals surface area contributed by atoms with Crippen LogP contribution in [0, 0.1) is 16.7 Å². The zero-order valence-corrected chi connectivity index (χ0v) is 11.5. The number of amides is 1. The monoisotopic (exact) mass is 256 g/mol. The Kier molecular flexibility index (Phi) is 4.84. The average molecular weight is 256 g/mol. The third-order valence-corrected chi connectivity index (χ3v) is 4.47. The predicted molar refractivity (Wildman–Crippen MR) is 68.7 cm³/mol. The van der Waals surface area contributed by atoms with Gasteiger partial charge in [0.1, 0.15) is 5.41 Å². The number of nitriles is 1. The summed E-state index contributed by atoms with van der Waals surface area (Å²) in [7, 11) is 0. The summed E-state index contributed by atoms with van der Waals surface area (Å²) < 4.78 is 5.21. The molecule has 0 radical (unpaired) electrons. The largest absolute Gasteiger partial charge is 0.381 e. The van der Waals surface area contributed by atoms with Crippen LogP contribution < -0.4 is 5.32 Å². The molecule has 1 rings (SSSR count). The normalized spacial score (nSPS) is 19.4. The molecule has 5 heteroatoms. The SMILES string of the molecule is CSC(C)(C)CNC(=O)C1(C#N)CCOCC1. The van der Waals surface area contributed by atoms with Gasteiger partial charge in [-0.3, -0.25) is 4.79 Å². The first-order valence-electron chi connectivity index (χ1n) is 5.78. The van der Waals surface area contributed by atoms with Gasteiger partial charge in [-0.2, -0.15) is 17.0 Å². The van der Waals surface area contributed by atoms with E-state index >= 15 is 0 Å². The fourth-order valence-electron chi connectivity index (χ4n) is 1.64. The van der Waals surface area contributed by atoms with Crippen LogP contribution in [0.25, 0.3) is 0 Å². The molecule has 1 heterocycles. The fourth-order valence-corrected chi connectivity index (χ4v) is 1.86. The molecule has 0 saturated carbocycles. The molecular weight excluding hydrogens is 236 g/mol. The van der Waals surface area contributed by atoms with Crippen LogP contribution >= 0.6 is 11.8 Å². The Morgan fingerprint density at radius 1 is 1.53 bits per heavy atom. The van der Waals surface area contributed by atoms with E-state index in [-0.39, 0.29) is 10.7 Å². The van der Waals surface area contributed by atoms with Crippen molar-refractivity contribution >= 4 is 17.7 Å². The number of hydrogen-bond acceptors (Lipinski definition) is 4. The molecule has 0 aromatic heterocycles. The highest BCUT2D eigenvalue weighted by atomic mass is 32.2. The molecule has 0 atom stereocenters. The van der Waals surface area contributed by atoms with E-state index < -0.39 is 5.41 Å². The minimum atomic E-state index is -0.882. The molecule has 4 nitrogen and oxygen atoms in total. The quantitative estimate of drug-likeness (QED) is 0.829. The van der Waals surface area contributed by atoms with Crippen LogP contribution in [-0.4, -0.2) is 36.7 Å². The summed E-state index contributed by atoms with van der Waals surface area (Å²) in [6.07, 6.45) is 3.00. The van der Waals surface area contributed by atoms with E-state index in [0.29, 0.717) is 32.6 Å². The maximum Gasteiger partial charge on any atom is 0.240 e. The van der Waals surface area contributed by atoms with Gasteiger partial charge >= 0.3 is 0 Å². The molecule has 96 valence electrons. The molecule has 0 aromatic carbocycles. The highest BCUT2D eigenvalue weighted by Gasteiger charge is 2.40. The molecule has 1 fully saturated rings. The average Bonchev–Trinajstić information content (AvgIpc) is 2.37. The molecule has 0 aromatic rings. The lowest BCUT2D eigenvalue weighted by atomic mass is 9.81. The van der Waals surface area contributed by atoms with Crippen molar-refractivity contribution in [2.24, 2.45) is 5.41 Å². The van der Waals surface area contributed by atoms with Crippen LogP contribution in [0.4, 0.5) is 0 Å². The zero-order chi connectivity index (χ0) is 12.9. The van der Waals surface area contributed by atoms with Crippen molar-refractivity contribution < 1.29 is 9.53 Å². The number of nitrogens with one attached hydrogen (secondary N) is 1. The second-order valence-corrected chi connectivity index (χ2v) is 6.47. The number of carbonyl (C=O) groups excluding carboxylic acids is 1. The van der Waals surface area contributed by atoms with Crippen molar-refractivity contribution in [3.05, 3.63) is 0 Å². The minimum Gasteiger partial charge on any atom is -0.381 e. The summed E-state index contributed by atoms with van der Waals surface area (Å²) in [5, 5.41) is 12.1. The Morgan fingerprint density at radius 3 is 2.59 bits per heavy atom. The fraction of sp³-hybridized carbons (Fsp3) is 0.833. The van der Waals surface area contributed by atoms with Crippen LogP contribution in [0.3, 0.4) is 0 Å². The van der Waals surface area contributed by atoms with E-state index in [4.69, 9.17) is 4.74 Å². The van der Waals surface area contributed by atoms with Gasteiger partial charge in [0.25, 0.3) is 0 Å². The van der Waals surface area contributed by atoms with E-state index in [2.05, 4.69) is 25.2 Å². The number of nitrogens with zero attached hydrogens (tertiary/aromatic N) is 1. The van der Waals surface area contributed by atoms with Gasteiger partial charge in [0, 0.05) is 24.5 Å². The Hall–Kier alpha value is -0.730. The van der Waals surface area contributed by atoms with Crippen molar-refractivity contribution in [2.45, 2.75) is 31.4 Å². The third kappa shape index (κ3) is 3.62. The van der Waals surface area contributed by atoms with E-state index in [1.54, 1.807) is 11.8 Å². The number of ether oxygens (including phenoxy) is 1. The predicted octanol–water partition coefficient (Wildman–Crippen LogP) is 1.56. The Bertz CT molecular complexity index is 317. The Balaban J connectivity index is 2.59. The van der Waals surface area contributed by atoms with Gasteiger partial charge < -0.3 is 10.1 Å². The molecule has 0 unspecified atom stereocenters. The summed E-state index contributed by atoms with van der Waals surface area (Å²) in [6.45, 7) is 5.71. The molecule has 1 saturated heterocycles. The summed E-state index contributed by atoms with van der Waals surface area (Å²) in [4.78, 5) is 12.1. The molecule has 1 N–H and O–H groups in total. The van der Waals surface area contributed by atoms with Gasteiger partial charge in [-0.05, 0) is 32.9 Å². The van der Waals surface area contributed by atoms with Crippen molar-refractivity contribution in [3.8, 4) is 6.07 Å². The summed E-state index contributed by atoms with van der Waals surface area (Å²) in [5.74, 6) is -0.148.